The molecule has 8 heteroatoms. The Morgan fingerprint density at radius 2 is 1.93 bits per heavy atom. The number of methoxy groups -OCH3 is 1. The number of hydrogen-bond acceptors (Lipinski definition) is 5. The molecule has 3 amide bonds. The van der Waals surface area contributed by atoms with E-state index in [9.17, 15) is 18.8 Å². The number of thioether (sulfide) groups is 1. The first kappa shape index (κ1) is 20.6. The van der Waals surface area contributed by atoms with Gasteiger partial charge in [-0.15, -0.1) is 0 Å². The summed E-state index contributed by atoms with van der Waals surface area (Å²) in [4.78, 5) is 37.6. The highest BCUT2D eigenvalue weighted by molar-refractivity contribution is 8.18. The molecule has 1 fully saturated rings. The molecule has 0 saturated carbocycles. The lowest BCUT2D eigenvalue weighted by molar-refractivity contribution is -0.115. The first-order chi connectivity index (χ1) is 13.9. The number of benzene rings is 2. The quantitative estimate of drug-likeness (QED) is 0.728. The summed E-state index contributed by atoms with van der Waals surface area (Å²) in [5, 5.41) is 1.79. The minimum Gasteiger partial charge on any atom is -0.494 e. The number of carbonyl (C=O) groups is 3. The van der Waals surface area contributed by atoms with E-state index in [0.717, 1.165) is 11.8 Å². The number of nitrogens with zero attached hydrogens (tertiary/aromatic N) is 1. The summed E-state index contributed by atoms with van der Waals surface area (Å²) in [5.41, 5.74) is 1.84. The molecule has 2 aromatic carbocycles. The molecule has 0 unspecified atom stereocenters. The second-order valence-corrected chi connectivity index (χ2v) is 7.28. The van der Waals surface area contributed by atoms with Gasteiger partial charge in [0.15, 0.2) is 11.6 Å². The van der Waals surface area contributed by atoms with Crippen molar-refractivity contribution in [2.75, 3.05) is 13.7 Å². The lowest BCUT2D eigenvalue weighted by atomic mass is 10.1. The maximum Gasteiger partial charge on any atom is 0.290 e. The van der Waals surface area contributed by atoms with Gasteiger partial charge in [0.2, 0.25) is 0 Å². The smallest absolute Gasteiger partial charge is 0.290 e. The largest absolute Gasteiger partial charge is 0.494 e. The predicted molar refractivity (Wildman–Crippen MR) is 109 cm³/mol. The maximum absolute atomic E-state index is 13.9. The van der Waals surface area contributed by atoms with Gasteiger partial charge >= 0.3 is 0 Å². The third-order valence-corrected chi connectivity index (χ3v) is 5.17. The van der Waals surface area contributed by atoms with E-state index in [4.69, 9.17) is 4.74 Å². The Kier molecular flexibility index (Phi) is 6.33. The van der Waals surface area contributed by atoms with Gasteiger partial charge < -0.3 is 9.64 Å². The Hall–Kier alpha value is -3.13. The van der Waals surface area contributed by atoms with E-state index in [-0.39, 0.29) is 18.2 Å². The van der Waals surface area contributed by atoms with Crippen LogP contribution in [0.1, 0.15) is 28.4 Å². The highest BCUT2D eigenvalue weighted by Gasteiger charge is 2.25. The molecular formula is C21H19FN2O4S. The van der Waals surface area contributed by atoms with Crippen LogP contribution in [0.15, 0.2) is 47.4 Å². The third kappa shape index (κ3) is 4.83. The molecule has 6 nitrogen and oxygen atoms in total. The van der Waals surface area contributed by atoms with Gasteiger partial charge in [0.25, 0.3) is 17.1 Å². The van der Waals surface area contributed by atoms with Crippen LogP contribution in [0.4, 0.5) is 9.18 Å². The molecule has 0 bridgehead atoms. The van der Waals surface area contributed by atoms with Crippen LogP contribution in [-0.4, -0.2) is 35.6 Å². The first-order valence-electron chi connectivity index (χ1n) is 8.88. The highest BCUT2D eigenvalue weighted by Crippen LogP contribution is 2.26. The average molecular weight is 414 g/mol. The summed E-state index contributed by atoms with van der Waals surface area (Å²) in [5.74, 6) is -0.933. The van der Waals surface area contributed by atoms with Crippen molar-refractivity contribution in [3.8, 4) is 5.75 Å². The Labute approximate surface area is 171 Å². The molecule has 29 heavy (non-hydrogen) atoms. The molecule has 1 heterocycles. The van der Waals surface area contributed by atoms with Crippen LogP contribution in [0.3, 0.4) is 0 Å². The molecule has 0 radical (unpaired) electrons. The molecule has 0 aromatic heterocycles. The van der Waals surface area contributed by atoms with Crippen molar-refractivity contribution >= 4 is 34.9 Å². The monoisotopic (exact) mass is 414 g/mol. The fraction of sp³-hybridized carbons (Fsp3) is 0.190. The number of amides is 3. The normalized spacial score (nSPS) is 14.8. The Balaban J connectivity index is 1.72. The van der Waals surface area contributed by atoms with Gasteiger partial charge in [0, 0.05) is 18.7 Å². The predicted octanol–water partition coefficient (Wildman–Crippen LogP) is 3.82. The van der Waals surface area contributed by atoms with Gasteiger partial charge in [0.1, 0.15) is 0 Å². The molecular weight excluding hydrogens is 395 g/mol. The Bertz CT molecular complexity index is 989. The molecule has 1 aliphatic heterocycles. The molecule has 0 atom stereocenters. The molecule has 2 aromatic rings. The summed E-state index contributed by atoms with van der Waals surface area (Å²) in [6, 6.07) is 11.3. The summed E-state index contributed by atoms with van der Waals surface area (Å²) < 4.78 is 18.8. The van der Waals surface area contributed by atoms with Gasteiger partial charge in [-0.1, -0.05) is 18.2 Å². The van der Waals surface area contributed by atoms with E-state index in [1.807, 2.05) is 6.92 Å². The van der Waals surface area contributed by atoms with Crippen molar-refractivity contribution in [1.29, 1.82) is 0 Å². The van der Waals surface area contributed by atoms with Gasteiger partial charge in [-0.25, -0.2) is 4.39 Å². The minimum atomic E-state index is -0.474. The second-order valence-electron chi connectivity index (χ2n) is 6.26. The van der Waals surface area contributed by atoms with Crippen LogP contribution in [0.2, 0.25) is 0 Å². The molecule has 150 valence electrons. The summed E-state index contributed by atoms with van der Waals surface area (Å²) >= 11 is 0.839. The van der Waals surface area contributed by atoms with E-state index >= 15 is 0 Å². The minimum absolute atomic E-state index is 0.156. The zero-order chi connectivity index (χ0) is 21.0. The third-order valence-electron chi connectivity index (χ3n) is 4.36. The van der Waals surface area contributed by atoms with Gasteiger partial charge in [-0.2, -0.15) is 0 Å². The first-order valence-corrected chi connectivity index (χ1v) is 9.69. The number of nitrogens with one attached hydrogen (secondary N) is 1. The zero-order valence-corrected chi connectivity index (χ0v) is 16.7. The van der Waals surface area contributed by atoms with Gasteiger partial charge in [-0.05, 0) is 60.2 Å². The van der Waals surface area contributed by atoms with E-state index in [0.29, 0.717) is 28.1 Å². The molecule has 1 saturated heterocycles. The van der Waals surface area contributed by atoms with Crippen LogP contribution in [-0.2, 0) is 11.3 Å². The number of halogens is 1. The van der Waals surface area contributed by atoms with Crippen LogP contribution in [0.5, 0.6) is 5.75 Å². The Morgan fingerprint density at radius 1 is 1.21 bits per heavy atom. The SMILES string of the molecule is CCN(Cc1ccc(OC)c(F)c1)C(=O)c1ccc(/C=C2\SC(=O)NC2=O)cc1. The summed E-state index contributed by atoms with van der Waals surface area (Å²) in [7, 11) is 1.40. The number of carbonyl (C=O) groups excluding carboxylic acids is 3. The van der Waals surface area contributed by atoms with E-state index in [2.05, 4.69) is 5.32 Å². The van der Waals surface area contributed by atoms with Crippen molar-refractivity contribution in [3.05, 3.63) is 69.9 Å². The fourth-order valence-corrected chi connectivity index (χ4v) is 3.51. The lowest BCUT2D eigenvalue weighted by Gasteiger charge is -2.21. The van der Waals surface area contributed by atoms with E-state index in [1.165, 1.54) is 19.2 Å². The number of ether oxygens (including phenoxy) is 1. The van der Waals surface area contributed by atoms with Crippen LogP contribution >= 0.6 is 11.8 Å². The molecule has 1 N–H and O–H groups in total. The van der Waals surface area contributed by atoms with Crippen LogP contribution in [0, 0.1) is 5.82 Å². The summed E-state index contributed by atoms with van der Waals surface area (Å²) in [6.07, 6.45) is 1.59. The Morgan fingerprint density at radius 3 is 2.48 bits per heavy atom. The van der Waals surface area contributed by atoms with Crippen molar-refractivity contribution < 1.29 is 23.5 Å². The van der Waals surface area contributed by atoms with Gasteiger partial charge in [-0.3, -0.25) is 19.7 Å². The van der Waals surface area contributed by atoms with Gasteiger partial charge in [0.05, 0.1) is 12.0 Å². The number of hydrogen-bond donors (Lipinski definition) is 1. The van der Waals surface area contributed by atoms with E-state index < -0.39 is 17.0 Å². The van der Waals surface area contributed by atoms with Crippen molar-refractivity contribution in [2.45, 2.75) is 13.5 Å². The average Bonchev–Trinajstić information content (AvgIpc) is 3.03. The van der Waals surface area contributed by atoms with Crippen LogP contribution < -0.4 is 10.1 Å². The molecule has 3 rings (SSSR count). The molecule has 1 aliphatic rings. The topological polar surface area (TPSA) is 75.7 Å². The fourth-order valence-electron chi connectivity index (χ4n) is 2.83. The number of imide groups is 1. The maximum atomic E-state index is 13.9. The van der Waals surface area contributed by atoms with Crippen LogP contribution in [0.25, 0.3) is 6.08 Å². The second kappa shape index (κ2) is 8.91. The van der Waals surface area contributed by atoms with Crippen molar-refractivity contribution in [2.24, 2.45) is 0 Å². The lowest BCUT2D eigenvalue weighted by Crippen LogP contribution is -2.30. The standard InChI is InChI=1S/C21H19FN2O4S/c1-3-24(12-14-6-9-17(28-2)16(22)10-14)20(26)15-7-4-13(5-8-15)11-18-19(25)23-21(27)29-18/h4-11H,3,12H2,1-2H3,(H,23,25,27)/b18-11-. The van der Waals surface area contributed by atoms with Crippen molar-refractivity contribution in [1.82, 2.24) is 10.2 Å². The molecule has 0 spiro atoms. The summed E-state index contributed by atoms with van der Waals surface area (Å²) in [6.45, 7) is 2.57. The molecule has 0 aliphatic carbocycles. The van der Waals surface area contributed by atoms with Crippen molar-refractivity contribution in [3.63, 3.8) is 0 Å². The van der Waals surface area contributed by atoms with E-state index in [1.54, 1.807) is 41.3 Å². The highest BCUT2D eigenvalue weighted by atomic mass is 32.2. The zero-order valence-electron chi connectivity index (χ0n) is 15.9. The number of rotatable bonds is 6.